The van der Waals surface area contributed by atoms with Crippen LogP contribution in [0.25, 0.3) is 0 Å². The van der Waals surface area contributed by atoms with Crippen LogP contribution >= 0.6 is 0 Å². The van der Waals surface area contributed by atoms with Gasteiger partial charge in [0.2, 0.25) is 10.0 Å². The maximum Gasteiger partial charge on any atom is 0.241 e. The summed E-state index contributed by atoms with van der Waals surface area (Å²) >= 11 is 0. The second-order valence-electron chi connectivity index (χ2n) is 4.40. The first-order valence-corrected chi connectivity index (χ1v) is 7.68. The minimum absolute atomic E-state index is 0.213. The Morgan fingerprint density at radius 2 is 2.05 bits per heavy atom. The van der Waals surface area contributed by atoms with Crippen molar-refractivity contribution in [3.63, 3.8) is 0 Å². The van der Waals surface area contributed by atoms with Gasteiger partial charge in [-0.1, -0.05) is 12.1 Å². The number of aromatic nitrogens is 3. The lowest BCUT2D eigenvalue weighted by Gasteiger charge is -2.12. The number of sulfonamides is 1. The fourth-order valence-corrected chi connectivity index (χ4v) is 2.99. The molecular formula is C12H17N5O2S. The summed E-state index contributed by atoms with van der Waals surface area (Å²) in [6, 6.07) is 6.19. The average molecular weight is 295 g/mol. The van der Waals surface area contributed by atoms with Crippen LogP contribution in [-0.2, 0) is 16.4 Å². The van der Waals surface area contributed by atoms with E-state index in [2.05, 4.69) is 19.9 Å². The van der Waals surface area contributed by atoms with E-state index in [1.807, 2.05) is 0 Å². The molecule has 0 fully saturated rings. The predicted octanol–water partition coefficient (Wildman–Crippen LogP) is 0.345. The van der Waals surface area contributed by atoms with Gasteiger partial charge >= 0.3 is 0 Å². The quantitative estimate of drug-likeness (QED) is 0.711. The van der Waals surface area contributed by atoms with Gasteiger partial charge in [0.05, 0.1) is 10.9 Å². The van der Waals surface area contributed by atoms with Crippen molar-refractivity contribution in [1.29, 1.82) is 0 Å². The van der Waals surface area contributed by atoms with Crippen molar-refractivity contribution in [2.24, 2.45) is 5.73 Å². The molecule has 0 saturated carbocycles. The van der Waals surface area contributed by atoms with E-state index in [4.69, 9.17) is 5.73 Å². The molecule has 7 nitrogen and oxygen atoms in total. The number of aromatic amines is 1. The highest BCUT2D eigenvalue weighted by Gasteiger charge is 2.19. The summed E-state index contributed by atoms with van der Waals surface area (Å²) in [4.78, 5) is 4.14. The van der Waals surface area contributed by atoms with Crippen LogP contribution < -0.4 is 10.5 Å². The Labute approximate surface area is 117 Å². The van der Waals surface area contributed by atoms with Gasteiger partial charge in [0.1, 0.15) is 12.2 Å². The number of rotatable bonds is 6. The molecule has 0 radical (unpaired) electrons. The zero-order chi connectivity index (χ0) is 14.6. The lowest BCUT2D eigenvalue weighted by Crippen LogP contribution is -2.27. The first-order chi connectivity index (χ1) is 9.53. The van der Waals surface area contributed by atoms with Crippen molar-refractivity contribution in [1.82, 2.24) is 19.9 Å². The van der Waals surface area contributed by atoms with E-state index in [1.165, 1.54) is 6.33 Å². The van der Waals surface area contributed by atoms with Gasteiger partial charge in [-0.15, -0.1) is 0 Å². The van der Waals surface area contributed by atoms with Crippen LogP contribution in [0.5, 0.6) is 0 Å². The van der Waals surface area contributed by atoms with Gasteiger partial charge in [0, 0.05) is 0 Å². The highest BCUT2D eigenvalue weighted by molar-refractivity contribution is 7.89. The average Bonchev–Trinajstić information content (AvgIpc) is 2.93. The van der Waals surface area contributed by atoms with Crippen LogP contribution in [0, 0.1) is 0 Å². The highest BCUT2D eigenvalue weighted by atomic mass is 32.2. The molecule has 0 aliphatic rings. The predicted molar refractivity (Wildman–Crippen MR) is 74.3 cm³/mol. The molecule has 1 aromatic heterocycles. The van der Waals surface area contributed by atoms with E-state index < -0.39 is 16.1 Å². The van der Waals surface area contributed by atoms with Crippen LogP contribution in [-0.4, -0.2) is 30.1 Å². The summed E-state index contributed by atoms with van der Waals surface area (Å²) < 4.78 is 27.0. The van der Waals surface area contributed by atoms with Crippen LogP contribution in [0.2, 0.25) is 0 Å². The molecule has 2 aromatic rings. The summed E-state index contributed by atoms with van der Waals surface area (Å²) in [5, 5.41) is 6.33. The molecular weight excluding hydrogens is 278 g/mol. The van der Waals surface area contributed by atoms with Crippen molar-refractivity contribution >= 4 is 10.0 Å². The molecule has 2 rings (SSSR count). The molecule has 0 aliphatic heterocycles. The lowest BCUT2D eigenvalue weighted by atomic mass is 10.2. The van der Waals surface area contributed by atoms with E-state index in [-0.39, 0.29) is 4.90 Å². The highest BCUT2D eigenvalue weighted by Crippen LogP contribution is 2.14. The molecule has 8 heteroatoms. The zero-order valence-corrected chi connectivity index (χ0v) is 11.9. The van der Waals surface area contributed by atoms with Gasteiger partial charge in [-0.2, -0.15) is 5.10 Å². The molecule has 0 aliphatic carbocycles. The maximum absolute atomic E-state index is 12.2. The number of H-pyrrole nitrogens is 1. The van der Waals surface area contributed by atoms with Crippen LogP contribution in [0.15, 0.2) is 35.5 Å². The summed E-state index contributed by atoms with van der Waals surface area (Å²) in [7, 11) is -3.59. The van der Waals surface area contributed by atoms with Crippen molar-refractivity contribution in [3.8, 4) is 0 Å². The molecule has 0 spiro atoms. The van der Waals surface area contributed by atoms with Crippen LogP contribution in [0.3, 0.4) is 0 Å². The molecule has 1 aromatic carbocycles. The van der Waals surface area contributed by atoms with Crippen molar-refractivity contribution < 1.29 is 8.42 Å². The molecule has 108 valence electrons. The summed E-state index contributed by atoms with van der Waals surface area (Å²) in [6.45, 7) is 2.23. The Morgan fingerprint density at radius 1 is 1.35 bits per heavy atom. The van der Waals surface area contributed by atoms with Crippen LogP contribution in [0.4, 0.5) is 0 Å². The van der Waals surface area contributed by atoms with E-state index in [0.717, 1.165) is 12.0 Å². The topological polar surface area (TPSA) is 114 Å². The first kappa shape index (κ1) is 14.6. The fourth-order valence-electron chi connectivity index (χ4n) is 1.78. The third-order valence-corrected chi connectivity index (χ3v) is 4.40. The number of nitrogens with one attached hydrogen (secondary N) is 2. The van der Waals surface area contributed by atoms with Gasteiger partial charge in [0.25, 0.3) is 0 Å². The molecule has 1 heterocycles. The van der Waals surface area contributed by atoms with Crippen LogP contribution in [0.1, 0.15) is 24.4 Å². The smallest absolute Gasteiger partial charge is 0.241 e. The van der Waals surface area contributed by atoms with E-state index in [0.29, 0.717) is 12.4 Å². The number of nitrogens with zero attached hydrogens (tertiary/aromatic N) is 2. The van der Waals surface area contributed by atoms with Gasteiger partial charge in [-0.25, -0.2) is 18.1 Å². The Bertz CT molecular complexity index is 637. The molecule has 20 heavy (non-hydrogen) atoms. The van der Waals surface area contributed by atoms with E-state index >= 15 is 0 Å². The van der Waals surface area contributed by atoms with E-state index in [1.54, 1.807) is 31.2 Å². The fraction of sp³-hybridized carbons (Fsp3) is 0.333. The Morgan fingerprint density at radius 3 is 2.60 bits per heavy atom. The normalized spacial score (nSPS) is 13.3. The second kappa shape index (κ2) is 6.12. The summed E-state index contributed by atoms with van der Waals surface area (Å²) in [5.41, 5.74) is 6.47. The zero-order valence-electron chi connectivity index (χ0n) is 11.1. The Kier molecular flexibility index (Phi) is 4.48. The maximum atomic E-state index is 12.2. The molecule has 1 atom stereocenters. The Balaban J connectivity index is 2.13. The van der Waals surface area contributed by atoms with E-state index in [9.17, 15) is 8.42 Å². The Hall–Kier alpha value is -1.77. The number of hydrogen-bond donors (Lipinski definition) is 3. The van der Waals surface area contributed by atoms with Crippen molar-refractivity contribution in [2.45, 2.75) is 24.3 Å². The minimum atomic E-state index is -3.59. The lowest BCUT2D eigenvalue weighted by molar-refractivity contribution is 0.560. The standard InChI is InChI=1S/C12H17N5O2S/c1-9(12-14-8-15-16-12)17-20(18,19)11-4-2-10(3-5-11)6-7-13/h2-5,8-9,17H,6-7,13H2,1H3,(H,14,15,16). The second-order valence-corrected chi connectivity index (χ2v) is 6.11. The van der Waals surface area contributed by atoms with Gasteiger partial charge in [-0.3, -0.25) is 5.10 Å². The van der Waals surface area contributed by atoms with Gasteiger partial charge < -0.3 is 5.73 Å². The number of hydrogen-bond acceptors (Lipinski definition) is 5. The molecule has 1 unspecified atom stereocenters. The third-order valence-electron chi connectivity index (χ3n) is 2.84. The van der Waals surface area contributed by atoms with Gasteiger partial charge in [0.15, 0.2) is 0 Å². The molecule has 4 N–H and O–H groups in total. The third kappa shape index (κ3) is 3.41. The molecule has 0 amide bonds. The largest absolute Gasteiger partial charge is 0.330 e. The monoisotopic (exact) mass is 295 g/mol. The number of benzene rings is 1. The molecule has 0 bridgehead atoms. The SMILES string of the molecule is CC(NS(=O)(=O)c1ccc(CCN)cc1)c1ncn[nH]1. The minimum Gasteiger partial charge on any atom is -0.330 e. The van der Waals surface area contributed by atoms with Crippen molar-refractivity contribution in [2.75, 3.05) is 6.54 Å². The van der Waals surface area contributed by atoms with Crippen molar-refractivity contribution in [3.05, 3.63) is 42.0 Å². The summed E-state index contributed by atoms with van der Waals surface area (Å²) in [6.07, 6.45) is 2.06. The summed E-state index contributed by atoms with van der Waals surface area (Å²) in [5.74, 6) is 0.466. The van der Waals surface area contributed by atoms with Gasteiger partial charge in [-0.05, 0) is 37.6 Å². The molecule has 0 saturated heterocycles. The number of nitrogens with two attached hydrogens (primary N) is 1. The first-order valence-electron chi connectivity index (χ1n) is 6.19.